The first kappa shape index (κ1) is 11.5. The van der Waals surface area contributed by atoms with Crippen molar-refractivity contribution in [1.82, 2.24) is 0 Å². The smallest absolute Gasteiger partial charge is 0.137 e. The van der Waals surface area contributed by atoms with Crippen LogP contribution in [-0.2, 0) is 0 Å². The van der Waals surface area contributed by atoms with Crippen molar-refractivity contribution in [3.63, 3.8) is 0 Å². The van der Waals surface area contributed by atoms with Gasteiger partial charge in [0.1, 0.15) is 5.82 Å². The first-order valence-electron chi connectivity index (χ1n) is 4.44. The quantitative estimate of drug-likeness (QED) is 0.754. The number of halogens is 1. The number of aliphatic hydroxyl groups is 1. The van der Waals surface area contributed by atoms with E-state index < -0.39 is 0 Å². The molecule has 0 spiro atoms. The molecule has 3 N–H and O–H groups in total. The zero-order valence-electron chi connectivity index (χ0n) is 8.03. The lowest BCUT2D eigenvalue weighted by Gasteiger charge is -2.12. The van der Waals surface area contributed by atoms with E-state index >= 15 is 0 Å². The van der Waals surface area contributed by atoms with Gasteiger partial charge in [-0.2, -0.15) is 0 Å². The molecule has 0 saturated carbocycles. The molecule has 1 rings (SSSR count). The number of aliphatic hydroxyl groups excluding tert-OH is 1. The van der Waals surface area contributed by atoms with E-state index in [-0.39, 0.29) is 18.5 Å². The third kappa shape index (κ3) is 2.70. The number of benzene rings is 1. The van der Waals surface area contributed by atoms with Crippen LogP contribution in [0.15, 0.2) is 23.1 Å². The fraction of sp³-hybridized carbons (Fsp3) is 0.400. The fourth-order valence-electron chi connectivity index (χ4n) is 1.18. The van der Waals surface area contributed by atoms with Gasteiger partial charge in [0.15, 0.2) is 0 Å². The third-order valence-electron chi connectivity index (χ3n) is 1.83. The van der Waals surface area contributed by atoms with Crippen molar-refractivity contribution >= 4 is 11.8 Å². The minimum Gasteiger partial charge on any atom is -0.396 e. The second kappa shape index (κ2) is 5.34. The Hall–Kier alpha value is -0.580. The minimum absolute atomic E-state index is 0.0391. The van der Waals surface area contributed by atoms with E-state index in [0.717, 1.165) is 5.56 Å². The van der Waals surface area contributed by atoms with Gasteiger partial charge in [0.25, 0.3) is 0 Å². The van der Waals surface area contributed by atoms with E-state index in [0.29, 0.717) is 10.6 Å². The monoisotopic (exact) mass is 215 g/mol. The van der Waals surface area contributed by atoms with Crippen molar-refractivity contribution in [3.8, 4) is 0 Å². The number of thioether (sulfide) groups is 1. The van der Waals surface area contributed by atoms with E-state index in [1.165, 1.54) is 17.8 Å². The Morgan fingerprint density at radius 2 is 2.29 bits per heavy atom. The molecule has 1 atom stereocenters. The molecule has 0 aromatic heterocycles. The van der Waals surface area contributed by atoms with Crippen LogP contribution in [0.5, 0.6) is 0 Å². The summed E-state index contributed by atoms with van der Waals surface area (Å²) in [5.41, 5.74) is 6.51. The molecule has 78 valence electrons. The third-order valence-corrected chi connectivity index (χ3v) is 2.93. The van der Waals surface area contributed by atoms with Crippen LogP contribution in [0.4, 0.5) is 4.39 Å². The Morgan fingerprint density at radius 1 is 1.57 bits per heavy atom. The average molecular weight is 215 g/mol. The molecule has 14 heavy (non-hydrogen) atoms. The molecule has 0 heterocycles. The molecule has 0 amide bonds. The van der Waals surface area contributed by atoms with Crippen LogP contribution in [0, 0.1) is 5.82 Å². The summed E-state index contributed by atoms with van der Waals surface area (Å²) >= 11 is 1.30. The number of hydrogen-bond donors (Lipinski definition) is 2. The zero-order valence-corrected chi connectivity index (χ0v) is 8.85. The van der Waals surface area contributed by atoms with Crippen LogP contribution in [0.1, 0.15) is 18.5 Å². The summed E-state index contributed by atoms with van der Waals surface area (Å²) in [7, 11) is 0. The summed E-state index contributed by atoms with van der Waals surface area (Å²) in [6, 6.07) is 4.68. The first-order chi connectivity index (χ1) is 6.66. The molecule has 1 aromatic rings. The van der Waals surface area contributed by atoms with Gasteiger partial charge in [0.2, 0.25) is 0 Å². The minimum atomic E-state index is -0.266. The van der Waals surface area contributed by atoms with Crippen LogP contribution in [0.25, 0.3) is 0 Å². The van der Waals surface area contributed by atoms with Gasteiger partial charge in [-0.25, -0.2) is 4.39 Å². The van der Waals surface area contributed by atoms with Crippen LogP contribution in [-0.4, -0.2) is 17.5 Å². The highest BCUT2D eigenvalue weighted by atomic mass is 32.2. The lowest BCUT2D eigenvalue weighted by atomic mass is 10.1. The van der Waals surface area contributed by atoms with Crippen LogP contribution in [0.2, 0.25) is 0 Å². The maximum atomic E-state index is 13.4. The fourth-order valence-corrected chi connectivity index (χ4v) is 2.11. The summed E-state index contributed by atoms with van der Waals surface area (Å²) in [5, 5.41) is 8.67. The topological polar surface area (TPSA) is 46.2 Å². The van der Waals surface area contributed by atoms with Crippen molar-refractivity contribution in [3.05, 3.63) is 29.6 Å². The van der Waals surface area contributed by atoms with Crippen molar-refractivity contribution < 1.29 is 9.50 Å². The molecule has 0 bridgehead atoms. The van der Waals surface area contributed by atoms with Gasteiger partial charge in [-0.3, -0.25) is 0 Å². The van der Waals surface area contributed by atoms with E-state index in [9.17, 15) is 4.39 Å². The van der Waals surface area contributed by atoms with E-state index in [4.69, 9.17) is 10.8 Å². The molecule has 0 aliphatic heterocycles. The maximum Gasteiger partial charge on any atom is 0.137 e. The lowest BCUT2D eigenvalue weighted by Crippen LogP contribution is -2.07. The predicted molar refractivity (Wildman–Crippen MR) is 56.8 cm³/mol. The molecule has 0 unspecified atom stereocenters. The van der Waals surface area contributed by atoms with Gasteiger partial charge in [-0.1, -0.05) is 12.1 Å². The normalized spacial score (nSPS) is 12.9. The predicted octanol–water partition coefficient (Wildman–Crippen LogP) is 1.93. The second-order valence-corrected chi connectivity index (χ2v) is 4.12. The summed E-state index contributed by atoms with van der Waals surface area (Å²) in [5.74, 6) is 0.221. The number of rotatable bonds is 4. The number of nitrogens with two attached hydrogens (primary N) is 1. The van der Waals surface area contributed by atoms with E-state index in [2.05, 4.69) is 0 Å². The van der Waals surface area contributed by atoms with Gasteiger partial charge in [-0.15, -0.1) is 11.8 Å². The standard InChI is InChI=1S/C10H14FNOS/c1-7(12)8-3-2-4-9(11)10(8)14-6-5-13/h2-4,7,13H,5-6,12H2,1H3/t7-/m1/s1. The molecular weight excluding hydrogens is 201 g/mol. The molecule has 4 heteroatoms. The second-order valence-electron chi connectivity index (χ2n) is 3.02. The van der Waals surface area contributed by atoms with Gasteiger partial charge >= 0.3 is 0 Å². The molecular formula is C10H14FNOS. The molecule has 0 radical (unpaired) electrons. The van der Waals surface area contributed by atoms with Crippen LogP contribution < -0.4 is 5.73 Å². The Bertz CT molecular complexity index is 304. The molecule has 2 nitrogen and oxygen atoms in total. The van der Waals surface area contributed by atoms with Gasteiger partial charge in [-0.05, 0) is 18.6 Å². The molecule has 0 aliphatic carbocycles. The van der Waals surface area contributed by atoms with Gasteiger partial charge < -0.3 is 10.8 Å². The Balaban J connectivity index is 2.96. The zero-order chi connectivity index (χ0) is 10.6. The molecule has 0 saturated heterocycles. The van der Waals surface area contributed by atoms with Crippen LogP contribution >= 0.6 is 11.8 Å². The molecule has 0 fully saturated rings. The van der Waals surface area contributed by atoms with Crippen molar-refractivity contribution in [2.45, 2.75) is 17.9 Å². The summed E-state index contributed by atoms with van der Waals surface area (Å²) in [6.45, 7) is 1.86. The van der Waals surface area contributed by atoms with Crippen LogP contribution in [0.3, 0.4) is 0 Å². The van der Waals surface area contributed by atoms with Crippen molar-refractivity contribution in [2.24, 2.45) is 5.73 Å². The van der Waals surface area contributed by atoms with E-state index in [1.807, 2.05) is 13.0 Å². The first-order valence-corrected chi connectivity index (χ1v) is 5.43. The Kier molecular flexibility index (Phi) is 4.38. The largest absolute Gasteiger partial charge is 0.396 e. The maximum absolute atomic E-state index is 13.4. The average Bonchev–Trinajstić information content (AvgIpc) is 2.15. The summed E-state index contributed by atoms with van der Waals surface area (Å²) in [4.78, 5) is 0.552. The Labute approximate surface area is 87.3 Å². The van der Waals surface area contributed by atoms with Crippen molar-refractivity contribution in [1.29, 1.82) is 0 Å². The highest BCUT2D eigenvalue weighted by Crippen LogP contribution is 2.28. The van der Waals surface area contributed by atoms with E-state index in [1.54, 1.807) is 6.07 Å². The molecule has 1 aromatic carbocycles. The lowest BCUT2D eigenvalue weighted by molar-refractivity contribution is 0.322. The number of hydrogen-bond acceptors (Lipinski definition) is 3. The Morgan fingerprint density at radius 3 is 2.86 bits per heavy atom. The summed E-state index contributed by atoms with van der Waals surface area (Å²) < 4.78 is 13.4. The van der Waals surface area contributed by atoms with Crippen molar-refractivity contribution in [2.75, 3.05) is 12.4 Å². The van der Waals surface area contributed by atoms with Gasteiger partial charge in [0.05, 0.1) is 6.61 Å². The molecule has 0 aliphatic rings. The highest BCUT2D eigenvalue weighted by Gasteiger charge is 2.11. The summed E-state index contributed by atoms with van der Waals surface area (Å²) in [6.07, 6.45) is 0. The highest BCUT2D eigenvalue weighted by molar-refractivity contribution is 7.99. The SMILES string of the molecule is C[C@@H](N)c1cccc(F)c1SCCO. The van der Waals surface area contributed by atoms with Gasteiger partial charge in [0, 0.05) is 16.7 Å².